The van der Waals surface area contributed by atoms with Gasteiger partial charge in [-0.1, -0.05) is 12.1 Å². The predicted octanol–water partition coefficient (Wildman–Crippen LogP) is -1.25. The first-order chi connectivity index (χ1) is 12.8. The molecule has 1 aromatic carbocycles. The number of hydrogen-bond acceptors (Lipinski definition) is 9. The fraction of sp³-hybridized carbons (Fsp3) is 0.200. The number of nitrogens with one attached hydrogen (secondary N) is 4. The Kier molecular flexibility index (Phi) is 6.41. The SMILES string of the molecule is Cc1cccc(NCCc2nc(N)nc(N)n2)c1.O=c1[nH]c(=O)[nH]c(=O)[nH]1. The molecule has 0 saturated carbocycles. The van der Waals surface area contributed by atoms with Crippen LogP contribution in [0.5, 0.6) is 0 Å². The van der Waals surface area contributed by atoms with Crippen molar-refractivity contribution in [2.75, 3.05) is 23.3 Å². The lowest BCUT2D eigenvalue weighted by Gasteiger charge is -2.06. The Labute approximate surface area is 152 Å². The molecule has 0 spiro atoms. The van der Waals surface area contributed by atoms with Gasteiger partial charge in [0.25, 0.3) is 0 Å². The molecule has 0 aliphatic rings. The first kappa shape index (κ1) is 19.4. The zero-order chi connectivity index (χ0) is 19.8. The molecule has 2 aromatic heterocycles. The number of nitrogens with zero attached hydrogens (tertiary/aromatic N) is 3. The molecule has 0 fully saturated rings. The van der Waals surface area contributed by atoms with E-state index in [1.54, 1.807) is 15.0 Å². The fourth-order valence-corrected chi connectivity index (χ4v) is 2.05. The van der Waals surface area contributed by atoms with E-state index in [-0.39, 0.29) is 11.9 Å². The maximum Gasteiger partial charge on any atom is 0.330 e. The number of rotatable bonds is 4. The molecule has 3 rings (SSSR count). The molecule has 3 aromatic rings. The summed E-state index contributed by atoms with van der Waals surface area (Å²) in [7, 11) is 0. The molecule has 0 bridgehead atoms. The van der Waals surface area contributed by atoms with Gasteiger partial charge in [-0.25, -0.2) is 14.4 Å². The van der Waals surface area contributed by atoms with Crippen molar-refractivity contribution in [3.05, 3.63) is 67.1 Å². The van der Waals surface area contributed by atoms with Crippen LogP contribution in [0.1, 0.15) is 11.4 Å². The maximum atomic E-state index is 10.2. The second-order valence-electron chi connectivity index (χ2n) is 5.38. The zero-order valence-electron chi connectivity index (χ0n) is 14.4. The normalized spacial score (nSPS) is 9.96. The maximum absolute atomic E-state index is 10.2. The van der Waals surface area contributed by atoms with E-state index < -0.39 is 17.1 Å². The number of anilines is 3. The molecule has 0 atom stereocenters. The first-order valence-corrected chi connectivity index (χ1v) is 7.81. The van der Waals surface area contributed by atoms with Gasteiger partial charge in [0.2, 0.25) is 11.9 Å². The first-order valence-electron chi connectivity index (χ1n) is 7.81. The van der Waals surface area contributed by atoms with E-state index in [0.29, 0.717) is 18.8 Å². The molecule has 27 heavy (non-hydrogen) atoms. The van der Waals surface area contributed by atoms with Crippen LogP contribution in [0, 0.1) is 6.92 Å². The van der Waals surface area contributed by atoms with Crippen LogP contribution >= 0.6 is 0 Å². The Morgan fingerprint density at radius 2 is 1.48 bits per heavy atom. The van der Waals surface area contributed by atoms with Crippen LogP contribution in [0.4, 0.5) is 17.6 Å². The fourth-order valence-electron chi connectivity index (χ4n) is 2.05. The van der Waals surface area contributed by atoms with Gasteiger partial charge >= 0.3 is 17.1 Å². The van der Waals surface area contributed by atoms with Gasteiger partial charge in [0.15, 0.2) is 0 Å². The molecule has 0 amide bonds. The minimum atomic E-state index is -0.802. The lowest BCUT2D eigenvalue weighted by atomic mass is 10.2. The standard InChI is InChI=1S/C12H16N6.C3H3N3O3/c1-8-3-2-4-9(7-8)15-6-5-10-16-11(13)18-12(14)17-10;7-1-4-2(8)6-3(9)5-1/h2-4,7,15H,5-6H2,1H3,(H4,13,14,16,17,18);(H3,4,5,6,7,8,9). The summed E-state index contributed by atoms with van der Waals surface area (Å²) < 4.78 is 0. The summed E-state index contributed by atoms with van der Waals surface area (Å²) in [5, 5.41) is 3.29. The molecule has 0 unspecified atom stereocenters. The third kappa shape index (κ3) is 6.81. The van der Waals surface area contributed by atoms with Crippen molar-refractivity contribution in [1.82, 2.24) is 29.9 Å². The highest BCUT2D eigenvalue weighted by Crippen LogP contribution is 2.09. The number of aromatic amines is 3. The van der Waals surface area contributed by atoms with E-state index in [1.807, 2.05) is 12.1 Å². The van der Waals surface area contributed by atoms with Crippen LogP contribution in [0.2, 0.25) is 0 Å². The van der Waals surface area contributed by atoms with Gasteiger partial charge in [0.05, 0.1) is 0 Å². The largest absolute Gasteiger partial charge is 0.385 e. The van der Waals surface area contributed by atoms with Crippen molar-refractivity contribution < 1.29 is 0 Å². The van der Waals surface area contributed by atoms with Crippen LogP contribution in [-0.4, -0.2) is 36.4 Å². The van der Waals surface area contributed by atoms with Crippen LogP contribution in [0.25, 0.3) is 0 Å². The van der Waals surface area contributed by atoms with E-state index in [1.165, 1.54) is 5.56 Å². The topological polar surface area (TPSA) is 201 Å². The number of aryl methyl sites for hydroxylation is 1. The monoisotopic (exact) mass is 373 g/mol. The predicted molar refractivity (Wildman–Crippen MR) is 100 cm³/mol. The van der Waals surface area contributed by atoms with Gasteiger partial charge in [-0.3, -0.25) is 15.0 Å². The summed E-state index contributed by atoms with van der Waals surface area (Å²) in [4.78, 5) is 47.7. The van der Waals surface area contributed by atoms with Gasteiger partial charge in [0.1, 0.15) is 5.82 Å². The van der Waals surface area contributed by atoms with E-state index >= 15 is 0 Å². The molecule has 142 valence electrons. The number of nitrogens with two attached hydrogens (primary N) is 2. The van der Waals surface area contributed by atoms with E-state index in [2.05, 4.69) is 39.3 Å². The van der Waals surface area contributed by atoms with Crippen molar-refractivity contribution >= 4 is 17.6 Å². The summed E-state index contributed by atoms with van der Waals surface area (Å²) in [6, 6.07) is 8.16. The van der Waals surface area contributed by atoms with Crippen LogP contribution in [0.3, 0.4) is 0 Å². The van der Waals surface area contributed by atoms with Crippen molar-refractivity contribution in [3.8, 4) is 0 Å². The number of H-pyrrole nitrogens is 3. The third-order valence-corrected chi connectivity index (χ3v) is 3.09. The van der Waals surface area contributed by atoms with Crippen molar-refractivity contribution in [2.24, 2.45) is 0 Å². The summed E-state index contributed by atoms with van der Waals surface area (Å²) in [5.41, 5.74) is 10.9. The zero-order valence-corrected chi connectivity index (χ0v) is 14.4. The second kappa shape index (κ2) is 8.94. The summed E-state index contributed by atoms with van der Waals surface area (Å²) in [6.45, 7) is 2.77. The average Bonchev–Trinajstić information content (AvgIpc) is 2.53. The lowest BCUT2D eigenvalue weighted by molar-refractivity contribution is 0.879. The van der Waals surface area contributed by atoms with Crippen molar-refractivity contribution in [3.63, 3.8) is 0 Å². The van der Waals surface area contributed by atoms with Crippen LogP contribution in [0.15, 0.2) is 38.6 Å². The van der Waals surface area contributed by atoms with Gasteiger partial charge in [-0.15, -0.1) is 0 Å². The molecule has 0 saturated heterocycles. The summed E-state index contributed by atoms with van der Waals surface area (Å²) in [5.74, 6) is 0.918. The number of aromatic nitrogens is 6. The molecule has 0 radical (unpaired) electrons. The average molecular weight is 373 g/mol. The molecular formula is C15H19N9O3. The number of hydrogen-bond donors (Lipinski definition) is 6. The lowest BCUT2D eigenvalue weighted by Crippen LogP contribution is -2.34. The number of benzene rings is 1. The van der Waals surface area contributed by atoms with Gasteiger partial charge in [-0.05, 0) is 24.6 Å². The van der Waals surface area contributed by atoms with Gasteiger partial charge in [0, 0.05) is 18.7 Å². The Morgan fingerprint density at radius 1 is 0.926 bits per heavy atom. The third-order valence-electron chi connectivity index (χ3n) is 3.09. The highest BCUT2D eigenvalue weighted by atomic mass is 16.2. The molecule has 2 heterocycles. The van der Waals surface area contributed by atoms with Crippen molar-refractivity contribution in [2.45, 2.75) is 13.3 Å². The van der Waals surface area contributed by atoms with Crippen molar-refractivity contribution in [1.29, 1.82) is 0 Å². The molecule has 8 N–H and O–H groups in total. The quantitative estimate of drug-likeness (QED) is 0.323. The highest BCUT2D eigenvalue weighted by molar-refractivity contribution is 5.45. The number of nitrogen functional groups attached to an aromatic ring is 2. The van der Waals surface area contributed by atoms with Gasteiger partial charge < -0.3 is 16.8 Å². The van der Waals surface area contributed by atoms with E-state index in [4.69, 9.17) is 11.5 Å². The van der Waals surface area contributed by atoms with Crippen LogP contribution < -0.4 is 33.9 Å². The second-order valence-corrected chi connectivity index (χ2v) is 5.38. The highest BCUT2D eigenvalue weighted by Gasteiger charge is 2.01. The van der Waals surface area contributed by atoms with E-state index in [9.17, 15) is 14.4 Å². The Morgan fingerprint density at radius 3 is 2.00 bits per heavy atom. The summed E-state index contributed by atoms with van der Waals surface area (Å²) >= 11 is 0. The molecule has 0 aliphatic heterocycles. The Bertz CT molecular complexity index is 972. The molecule has 12 nitrogen and oxygen atoms in total. The Hall–Kier alpha value is -3.96. The minimum Gasteiger partial charge on any atom is -0.385 e. The van der Waals surface area contributed by atoms with Gasteiger partial charge in [-0.2, -0.15) is 15.0 Å². The van der Waals surface area contributed by atoms with E-state index in [0.717, 1.165) is 5.69 Å². The molecule has 12 heteroatoms. The summed E-state index contributed by atoms with van der Waals surface area (Å²) in [6.07, 6.45) is 0.644. The molecule has 0 aliphatic carbocycles. The van der Waals surface area contributed by atoms with Crippen LogP contribution in [-0.2, 0) is 6.42 Å². The minimum absolute atomic E-state index is 0.160. The smallest absolute Gasteiger partial charge is 0.330 e. The Balaban J connectivity index is 0.000000244. The molecular weight excluding hydrogens is 354 g/mol.